The van der Waals surface area contributed by atoms with E-state index in [0.717, 1.165) is 5.69 Å². The summed E-state index contributed by atoms with van der Waals surface area (Å²) in [7, 11) is 0. The first-order valence-electron chi connectivity index (χ1n) is 6.22. The lowest BCUT2D eigenvalue weighted by molar-refractivity contribution is -0.119. The van der Waals surface area contributed by atoms with Crippen molar-refractivity contribution in [3.8, 4) is 6.07 Å². The molecule has 2 rings (SSSR count). The Balaban J connectivity index is 2.14. The number of para-hydroxylation sites is 1. The summed E-state index contributed by atoms with van der Waals surface area (Å²) in [5.41, 5.74) is 6.29. The molecule has 2 aromatic rings. The fourth-order valence-corrected chi connectivity index (χ4v) is 1.86. The maximum Gasteiger partial charge on any atom is 0.248 e. The minimum Gasteiger partial charge on any atom is -0.382 e. The lowest BCUT2D eigenvalue weighted by Crippen LogP contribution is -2.34. The molecule has 0 aliphatic heterocycles. The third-order valence-corrected chi connectivity index (χ3v) is 2.77. The molecule has 102 valence electrons. The van der Waals surface area contributed by atoms with E-state index in [1.807, 2.05) is 30.3 Å². The van der Waals surface area contributed by atoms with Crippen LogP contribution in [0.15, 0.2) is 42.6 Å². The van der Waals surface area contributed by atoms with Gasteiger partial charge in [0.1, 0.15) is 12.4 Å². The quantitative estimate of drug-likeness (QED) is 0.889. The summed E-state index contributed by atoms with van der Waals surface area (Å²) in [6.45, 7) is 0.452. The summed E-state index contributed by atoms with van der Waals surface area (Å²) >= 11 is 0. The number of aromatic nitrogens is 2. The zero-order valence-electron chi connectivity index (χ0n) is 10.9. The molecule has 0 bridgehead atoms. The molecule has 1 amide bonds. The van der Waals surface area contributed by atoms with Crippen molar-refractivity contribution in [2.45, 2.75) is 13.0 Å². The van der Waals surface area contributed by atoms with E-state index in [1.165, 1.54) is 4.68 Å². The molecule has 0 fully saturated rings. The highest BCUT2D eigenvalue weighted by atomic mass is 16.2. The Morgan fingerprint density at radius 2 is 2.10 bits per heavy atom. The zero-order chi connectivity index (χ0) is 14.4. The molecule has 0 atom stereocenters. The van der Waals surface area contributed by atoms with Crippen molar-refractivity contribution in [3.63, 3.8) is 0 Å². The fourth-order valence-electron chi connectivity index (χ4n) is 1.86. The molecule has 20 heavy (non-hydrogen) atoms. The van der Waals surface area contributed by atoms with Crippen LogP contribution in [0, 0.1) is 11.3 Å². The Bertz CT molecular complexity index is 614. The van der Waals surface area contributed by atoms with Crippen molar-refractivity contribution in [1.29, 1.82) is 5.26 Å². The number of carbonyl (C=O) groups is 1. The van der Waals surface area contributed by atoms with Gasteiger partial charge in [0, 0.05) is 18.4 Å². The first kappa shape index (κ1) is 13.6. The van der Waals surface area contributed by atoms with Crippen LogP contribution in [0.25, 0.3) is 0 Å². The van der Waals surface area contributed by atoms with E-state index in [4.69, 9.17) is 11.0 Å². The maximum atomic E-state index is 12.3. The van der Waals surface area contributed by atoms with Gasteiger partial charge in [0.05, 0.1) is 12.5 Å². The van der Waals surface area contributed by atoms with Crippen LogP contribution in [-0.4, -0.2) is 22.2 Å². The van der Waals surface area contributed by atoms with Crippen molar-refractivity contribution in [2.75, 3.05) is 17.2 Å². The second kappa shape index (κ2) is 6.38. The van der Waals surface area contributed by atoms with Crippen molar-refractivity contribution < 1.29 is 4.79 Å². The summed E-state index contributed by atoms with van der Waals surface area (Å²) in [6, 6.07) is 13.0. The highest BCUT2D eigenvalue weighted by Gasteiger charge is 2.16. The minimum absolute atomic E-state index is 0.0948. The Labute approximate surface area is 117 Å². The number of nitrogen functional groups attached to an aromatic ring is 1. The second-order valence-electron chi connectivity index (χ2n) is 4.23. The third-order valence-electron chi connectivity index (χ3n) is 2.77. The highest BCUT2D eigenvalue weighted by Crippen LogP contribution is 2.14. The van der Waals surface area contributed by atoms with Gasteiger partial charge in [-0.25, -0.2) is 0 Å². The van der Waals surface area contributed by atoms with Crippen LogP contribution in [-0.2, 0) is 11.3 Å². The van der Waals surface area contributed by atoms with Crippen molar-refractivity contribution in [1.82, 2.24) is 9.78 Å². The summed E-state index contributed by atoms with van der Waals surface area (Å²) in [4.78, 5) is 13.9. The van der Waals surface area contributed by atoms with Crippen LogP contribution in [0.1, 0.15) is 6.42 Å². The van der Waals surface area contributed by atoms with Crippen LogP contribution >= 0.6 is 0 Å². The molecule has 0 aliphatic carbocycles. The maximum absolute atomic E-state index is 12.3. The van der Waals surface area contributed by atoms with Gasteiger partial charge in [-0.3, -0.25) is 9.48 Å². The van der Waals surface area contributed by atoms with Crippen LogP contribution in [0.2, 0.25) is 0 Å². The van der Waals surface area contributed by atoms with Crippen molar-refractivity contribution >= 4 is 17.4 Å². The molecule has 0 spiro atoms. The lowest BCUT2D eigenvalue weighted by atomic mass is 10.2. The molecule has 0 saturated heterocycles. The molecule has 6 heteroatoms. The van der Waals surface area contributed by atoms with Gasteiger partial charge in [-0.05, 0) is 18.2 Å². The molecule has 1 heterocycles. The normalized spacial score (nSPS) is 9.95. The smallest absolute Gasteiger partial charge is 0.248 e. The first-order valence-corrected chi connectivity index (χ1v) is 6.22. The molecule has 0 unspecified atom stereocenters. The first-order chi connectivity index (χ1) is 9.70. The van der Waals surface area contributed by atoms with E-state index >= 15 is 0 Å². The highest BCUT2D eigenvalue weighted by molar-refractivity contribution is 5.93. The van der Waals surface area contributed by atoms with Gasteiger partial charge in [0.15, 0.2) is 0 Å². The monoisotopic (exact) mass is 269 g/mol. The minimum atomic E-state index is -0.130. The Morgan fingerprint density at radius 3 is 2.70 bits per heavy atom. The summed E-state index contributed by atoms with van der Waals surface area (Å²) in [6.07, 6.45) is 1.93. The Kier molecular flexibility index (Phi) is 4.35. The number of nitriles is 1. The summed E-state index contributed by atoms with van der Waals surface area (Å²) in [5, 5.41) is 12.7. The molecule has 0 aliphatic rings. The van der Waals surface area contributed by atoms with Gasteiger partial charge < -0.3 is 10.6 Å². The van der Waals surface area contributed by atoms with Crippen LogP contribution in [0.3, 0.4) is 0 Å². The molecule has 0 saturated carbocycles. The van der Waals surface area contributed by atoms with E-state index in [0.29, 0.717) is 12.4 Å². The second-order valence-corrected chi connectivity index (χ2v) is 4.23. The Morgan fingerprint density at radius 1 is 1.35 bits per heavy atom. The Hall–Kier alpha value is -2.81. The van der Waals surface area contributed by atoms with Gasteiger partial charge in [-0.2, -0.15) is 10.4 Å². The number of benzene rings is 1. The summed E-state index contributed by atoms with van der Waals surface area (Å²) in [5.74, 6) is 0.246. The average Bonchev–Trinajstić information content (AvgIpc) is 2.86. The number of rotatable bonds is 5. The predicted octanol–water partition coefficient (Wildman–Crippen LogP) is 1.41. The van der Waals surface area contributed by atoms with Crippen molar-refractivity contribution in [3.05, 3.63) is 42.6 Å². The number of amides is 1. The molecular formula is C14H15N5O. The van der Waals surface area contributed by atoms with E-state index in [2.05, 4.69) is 11.2 Å². The molecule has 1 aromatic carbocycles. The molecule has 1 aromatic heterocycles. The molecule has 2 N–H and O–H groups in total. The van der Waals surface area contributed by atoms with Gasteiger partial charge in [0.25, 0.3) is 0 Å². The van der Waals surface area contributed by atoms with Gasteiger partial charge in [-0.1, -0.05) is 18.2 Å². The number of nitrogens with zero attached hydrogens (tertiary/aromatic N) is 4. The van der Waals surface area contributed by atoms with Gasteiger partial charge in [0.2, 0.25) is 5.91 Å². The molecule has 0 radical (unpaired) electrons. The van der Waals surface area contributed by atoms with Gasteiger partial charge in [-0.15, -0.1) is 0 Å². The largest absolute Gasteiger partial charge is 0.382 e. The van der Waals surface area contributed by atoms with E-state index in [-0.39, 0.29) is 18.9 Å². The molecular weight excluding hydrogens is 254 g/mol. The van der Waals surface area contributed by atoms with Crippen LogP contribution < -0.4 is 10.6 Å². The predicted molar refractivity (Wildman–Crippen MR) is 75.7 cm³/mol. The lowest BCUT2D eigenvalue weighted by Gasteiger charge is -2.21. The molecule has 6 nitrogen and oxygen atoms in total. The summed E-state index contributed by atoms with van der Waals surface area (Å²) < 4.78 is 1.49. The average molecular weight is 269 g/mol. The van der Waals surface area contributed by atoms with E-state index < -0.39 is 0 Å². The zero-order valence-corrected chi connectivity index (χ0v) is 10.9. The number of anilines is 2. The van der Waals surface area contributed by atoms with Crippen LogP contribution in [0.4, 0.5) is 11.5 Å². The number of nitrogens with two attached hydrogens (primary N) is 1. The number of hydrogen-bond acceptors (Lipinski definition) is 4. The SMILES string of the molecule is N#CCCN(C(=O)Cn1ccc(N)n1)c1ccccc1. The number of hydrogen-bond donors (Lipinski definition) is 1. The topological polar surface area (TPSA) is 87.9 Å². The van der Waals surface area contributed by atoms with E-state index in [9.17, 15) is 4.79 Å². The number of carbonyl (C=O) groups excluding carboxylic acids is 1. The third kappa shape index (κ3) is 3.36. The van der Waals surface area contributed by atoms with Crippen LogP contribution in [0.5, 0.6) is 0 Å². The van der Waals surface area contributed by atoms with Crippen molar-refractivity contribution in [2.24, 2.45) is 0 Å². The fraction of sp³-hybridized carbons (Fsp3) is 0.214. The standard InChI is InChI=1S/C14H15N5O/c15-8-4-9-19(12-5-2-1-3-6-12)14(20)11-18-10-7-13(16)17-18/h1-3,5-7,10H,4,9,11H2,(H2,16,17). The van der Waals surface area contributed by atoms with E-state index in [1.54, 1.807) is 17.2 Å². The van der Waals surface area contributed by atoms with Gasteiger partial charge >= 0.3 is 0 Å².